The molecule has 0 fully saturated rings. The Morgan fingerprint density at radius 2 is 2.08 bits per heavy atom. The van der Waals surface area contributed by atoms with Gasteiger partial charge >= 0.3 is 5.97 Å². The van der Waals surface area contributed by atoms with Gasteiger partial charge in [-0.25, -0.2) is 4.79 Å². The van der Waals surface area contributed by atoms with Crippen molar-refractivity contribution in [3.8, 4) is 0 Å². The molecule has 3 rings (SSSR count). The number of hydrogen-bond acceptors (Lipinski definition) is 6. The number of carboxylic acid groups (broad SMARTS) is 1. The Bertz CT molecular complexity index is 924. The molecular formula is C17H15ClN2O5S. The zero-order chi connectivity index (χ0) is 19.0. The van der Waals surface area contributed by atoms with Crippen LogP contribution in [0, 0.1) is 0 Å². The number of hydrogen-bond donors (Lipinski definition) is 4. The summed E-state index contributed by atoms with van der Waals surface area (Å²) in [4.78, 5) is 24.4. The topological polar surface area (TPSA) is 110 Å². The summed E-state index contributed by atoms with van der Waals surface area (Å²) in [7, 11) is 0. The van der Waals surface area contributed by atoms with Crippen molar-refractivity contribution in [2.75, 3.05) is 10.2 Å². The predicted molar refractivity (Wildman–Crippen MR) is 99.4 cm³/mol. The van der Waals surface area contributed by atoms with E-state index in [0.717, 1.165) is 0 Å². The Balaban J connectivity index is 1.93. The molecule has 1 aliphatic heterocycles. The first-order valence-electron chi connectivity index (χ1n) is 7.54. The molecule has 0 saturated carbocycles. The highest BCUT2D eigenvalue weighted by molar-refractivity contribution is 7.12. The van der Waals surface area contributed by atoms with E-state index in [2.05, 4.69) is 5.32 Å². The molecule has 26 heavy (non-hydrogen) atoms. The smallest absolute Gasteiger partial charge is 0.340 e. The van der Waals surface area contributed by atoms with Crippen LogP contribution in [0.4, 0.5) is 11.4 Å². The maximum absolute atomic E-state index is 11.4. The average Bonchev–Trinajstić information content (AvgIpc) is 3.02. The number of carbonyl (C=O) groups excluding carboxylic acids is 1. The number of nitrogens with zero attached hydrogens (tertiary/aromatic N) is 1. The fourth-order valence-corrected chi connectivity index (χ4v) is 3.96. The van der Waals surface area contributed by atoms with Gasteiger partial charge in [-0.2, -0.15) is 0 Å². The van der Waals surface area contributed by atoms with E-state index in [1.165, 1.54) is 23.2 Å². The predicted octanol–water partition coefficient (Wildman–Crippen LogP) is 3.05. The highest BCUT2D eigenvalue weighted by Crippen LogP contribution is 2.41. The monoisotopic (exact) mass is 394 g/mol. The van der Waals surface area contributed by atoms with E-state index >= 15 is 0 Å². The van der Waals surface area contributed by atoms with Crippen molar-refractivity contribution in [1.82, 2.24) is 0 Å². The molecule has 0 radical (unpaired) electrons. The van der Waals surface area contributed by atoms with Gasteiger partial charge in [0.15, 0.2) is 12.0 Å². The molecule has 0 bridgehead atoms. The molecule has 0 saturated heterocycles. The van der Waals surface area contributed by atoms with Crippen molar-refractivity contribution in [3.63, 3.8) is 0 Å². The van der Waals surface area contributed by atoms with Gasteiger partial charge in [-0.05, 0) is 29.1 Å². The van der Waals surface area contributed by atoms with E-state index in [9.17, 15) is 24.9 Å². The van der Waals surface area contributed by atoms with Crippen LogP contribution >= 0.6 is 22.9 Å². The SMILES string of the molecule is CC(=O)Nc1ccc(CN2c3ccsc3C(C(=O)O)=C(O)C2O)cc1Cl. The Kier molecular flexibility index (Phi) is 4.90. The van der Waals surface area contributed by atoms with Crippen molar-refractivity contribution in [1.29, 1.82) is 0 Å². The van der Waals surface area contributed by atoms with Crippen molar-refractivity contribution in [2.24, 2.45) is 0 Å². The van der Waals surface area contributed by atoms with E-state index in [0.29, 0.717) is 26.8 Å². The summed E-state index contributed by atoms with van der Waals surface area (Å²) in [5.41, 5.74) is 1.40. The minimum absolute atomic E-state index is 0.182. The van der Waals surface area contributed by atoms with Gasteiger partial charge in [-0.15, -0.1) is 11.3 Å². The molecule has 1 aromatic heterocycles. The van der Waals surface area contributed by atoms with Crippen LogP contribution in [0.15, 0.2) is 35.4 Å². The number of aliphatic carboxylic acids is 1. The summed E-state index contributed by atoms with van der Waals surface area (Å²) in [5.74, 6) is -2.15. The van der Waals surface area contributed by atoms with Crippen LogP contribution in [0.1, 0.15) is 17.4 Å². The van der Waals surface area contributed by atoms with Crippen LogP contribution in [0.3, 0.4) is 0 Å². The molecule has 1 aliphatic rings. The fraction of sp³-hybridized carbons (Fsp3) is 0.176. The number of carbonyl (C=O) groups is 2. The van der Waals surface area contributed by atoms with Gasteiger partial charge in [-0.1, -0.05) is 17.7 Å². The minimum Gasteiger partial charge on any atom is -0.507 e. The minimum atomic E-state index is -1.49. The summed E-state index contributed by atoms with van der Waals surface area (Å²) in [6.07, 6.45) is -1.49. The van der Waals surface area contributed by atoms with E-state index in [4.69, 9.17) is 11.6 Å². The second-order valence-corrected chi connectivity index (χ2v) is 7.02. The van der Waals surface area contributed by atoms with Crippen molar-refractivity contribution in [2.45, 2.75) is 19.7 Å². The standard InChI is InChI=1S/C17H15ClN2O5S/c1-8(21)19-11-3-2-9(6-10(11)18)7-20-12-4-5-26-15(12)13(17(24)25)14(22)16(20)23/h2-6,16,22-23H,7H2,1H3,(H,19,21)(H,24,25). The van der Waals surface area contributed by atoms with Gasteiger partial charge in [0.1, 0.15) is 5.57 Å². The molecule has 1 amide bonds. The molecule has 0 spiro atoms. The van der Waals surface area contributed by atoms with E-state index in [1.807, 2.05) is 0 Å². The number of amides is 1. The first kappa shape index (κ1) is 18.2. The van der Waals surface area contributed by atoms with Gasteiger partial charge in [-0.3, -0.25) is 4.79 Å². The fourth-order valence-electron chi connectivity index (χ4n) is 2.76. The molecule has 1 atom stereocenters. The highest BCUT2D eigenvalue weighted by Gasteiger charge is 2.36. The Hall–Kier alpha value is -2.55. The first-order chi connectivity index (χ1) is 12.3. The van der Waals surface area contributed by atoms with E-state index < -0.39 is 18.0 Å². The van der Waals surface area contributed by atoms with Gasteiger partial charge in [0.2, 0.25) is 5.91 Å². The Morgan fingerprint density at radius 3 is 2.69 bits per heavy atom. The molecule has 2 aromatic rings. The summed E-state index contributed by atoms with van der Waals surface area (Å²) in [6.45, 7) is 1.56. The third-order valence-corrected chi connectivity index (χ3v) is 5.12. The molecule has 136 valence electrons. The van der Waals surface area contributed by atoms with Crippen molar-refractivity contribution >= 4 is 51.8 Å². The van der Waals surface area contributed by atoms with Gasteiger partial charge in [0.25, 0.3) is 0 Å². The zero-order valence-electron chi connectivity index (χ0n) is 13.6. The van der Waals surface area contributed by atoms with E-state index in [-0.39, 0.29) is 18.0 Å². The number of anilines is 2. The van der Waals surface area contributed by atoms with Gasteiger partial charge in [0.05, 0.1) is 21.3 Å². The molecule has 1 aromatic carbocycles. The van der Waals surface area contributed by atoms with Crippen LogP contribution in [-0.2, 0) is 16.1 Å². The number of rotatable bonds is 4. The highest BCUT2D eigenvalue weighted by atomic mass is 35.5. The Morgan fingerprint density at radius 1 is 1.35 bits per heavy atom. The quantitative estimate of drug-likeness (QED) is 0.634. The number of aliphatic hydroxyl groups excluding tert-OH is 2. The maximum atomic E-state index is 11.4. The zero-order valence-corrected chi connectivity index (χ0v) is 15.1. The van der Waals surface area contributed by atoms with Crippen LogP contribution in [-0.4, -0.2) is 33.4 Å². The molecule has 2 heterocycles. The number of halogens is 1. The molecule has 0 aliphatic carbocycles. The third kappa shape index (κ3) is 3.26. The number of thiophene rings is 1. The van der Waals surface area contributed by atoms with Crippen molar-refractivity contribution < 1.29 is 24.9 Å². The second-order valence-electron chi connectivity index (χ2n) is 5.70. The molecular weight excluding hydrogens is 380 g/mol. The largest absolute Gasteiger partial charge is 0.507 e. The number of carboxylic acids is 1. The van der Waals surface area contributed by atoms with Gasteiger partial charge in [0, 0.05) is 13.5 Å². The third-order valence-electron chi connectivity index (χ3n) is 3.89. The molecule has 7 nitrogen and oxygen atoms in total. The molecule has 9 heteroatoms. The van der Waals surface area contributed by atoms with Gasteiger partial charge < -0.3 is 25.5 Å². The molecule has 1 unspecified atom stereocenters. The first-order valence-corrected chi connectivity index (χ1v) is 8.80. The summed E-state index contributed by atoms with van der Waals surface area (Å²) < 4.78 is 0. The van der Waals surface area contributed by atoms with Crippen LogP contribution in [0.2, 0.25) is 5.02 Å². The number of aliphatic hydroxyl groups is 2. The summed E-state index contributed by atoms with van der Waals surface area (Å²) in [5, 5.41) is 34.5. The van der Waals surface area contributed by atoms with E-state index in [1.54, 1.807) is 29.6 Å². The van der Waals surface area contributed by atoms with Crippen LogP contribution < -0.4 is 10.2 Å². The summed E-state index contributed by atoms with van der Waals surface area (Å²) in [6, 6.07) is 6.69. The number of nitrogens with one attached hydrogen (secondary N) is 1. The molecule has 4 N–H and O–H groups in total. The lowest BCUT2D eigenvalue weighted by atomic mass is 10.0. The second kappa shape index (κ2) is 6.99. The summed E-state index contributed by atoms with van der Waals surface area (Å²) >= 11 is 7.34. The normalized spacial score (nSPS) is 16.4. The van der Waals surface area contributed by atoms with Crippen LogP contribution in [0.25, 0.3) is 5.57 Å². The van der Waals surface area contributed by atoms with Crippen molar-refractivity contribution in [3.05, 3.63) is 50.9 Å². The maximum Gasteiger partial charge on any atom is 0.340 e. The lowest BCUT2D eigenvalue weighted by Crippen LogP contribution is -2.40. The average molecular weight is 395 g/mol. The lowest BCUT2D eigenvalue weighted by Gasteiger charge is -2.34. The van der Waals surface area contributed by atoms with Crippen LogP contribution in [0.5, 0.6) is 0 Å². The lowest BCUT2D eigenvalue weighted by molar-refractivity contribution is -0.130. The number of benzene rings is 1. The number of fused-ring (bicyclic) bond motifs is 1. The Labute approximate surface area is 157 Å².